The standard InChI is InChI=1S/C19H20Br3N/c20-17-7-4-8-18(19(17)21)23(22)13-14-9-11-16(12-10-14)15-5-2-1-3-6-15/h4,7-12,15H,1-3,5-6,13H2. The van der Waals surface area contributed by atoms with Crippen molar-refractivity contribution in [3.05, 3.63) is 62.5 Å². The lowest BCUT2D eigenvalue weighted by molar-refractivity contribution is 0.443. The van der Waals surface area contributed by atoms with Gasteiger partial charge in [-0.15, -0.1) is 0 Å². The van der Waals surface area contributed by atoms with E-state index in [9.17, 15) is 0 Å². The van der Waals surface area contributed by atoms with Gasteiger partial charge in [0.1, 0.15) is 0 Å². The topological polar surface area (TPSA) is 3.24 Å². The molecule has 0 bridgehead atoms. The summed E-state index contributed by atoms with van der Waals surface area (Å²) in [6.45, 7) is 0.833. The Labute approximate surface area is 164 Å². The maximum absolute atomic E-state index is 3.69. The van der Waals surface area contributed by atoms with Crippen molar-refractivity contribution in [2.45, 2.75) is 44.6 Å². The molecule has 3 rings (SSSR count). The van der Waals surface area contributed by atoms with Crippen molar-refractivity contribution in [2.75, 3.05) is 3.93 Å². The first-order valence-corrected chi connectivity index (χ1v) is 10.4. The van der Waals surface area contributed by atoms with Crippen LogP contribution in [0.5, 0.6) is 0 Å². The summed E-state index contributed by atoms with van der Waals surface area (Å²) in [4.78, 5) is 0. The number of rotatable bonds is 4. The first kappa shape index (κ1) is 17.5. The van der Waals surface area contributed by atoms with Crippen LogP contribution in [0.1, 0.15) is 49.1 Å². The van der Waals surface area contributed by atoms with Crippen LogP contribution in [0.2, 0.25) is 0 Å². The molecule has 0 atom stereocenters. The summed E-state index contributed by atoms with van der Waals surface area (Å²) in [5, 5.41) is 0. The first-order chi connectivity index (χ1) is 11.1. The summed E-state index contributed by atoms with van der Waals surface area (Å²) in [6.07, 6.45) is 6.90. The van der Waals surface area contributed by atoms with Crippen LogP contribution in [-0.4, -0.2) is 0 Å². The van der Waals surface area contributed by atoms with Gasteiger partial charge in [0.25, 0.3) is 0 Å². The maximum atomic E-state index is 3.69. The Morgan fingerprint density at radius 3 is 2.30 bits per heavy atom. The van der Waals surface area contributed by atoms with Crippen molar-refractivity contribution in [3.8, 4) is 0 Å². The highest BCUT2D eigenvalue weighted by molar-refractivity contribution is 9.13. The minimum absolute atomic E-state index is 0.775. The fraction of sp³-hybridized carbons (Fsp3) is 0.368. The van der Waals surface area contributed by atoms with Gasteiger partial charge in [0.05, 0.1) is 32.9 Å². The van der Waals surface area contributed by atoms with Crippen LogP contribution in [0.4, 0.5) is 5.69 Å². The number of benzene rings is 2. The zero-order chi connectivity index (χ0) is 16.2. The Kier molecular flexibility index (Phi) is 6.22. The molecule has 1 saturated carbocycles. The summed E-state index contributed by atoms with van der Waals surface area (Å²) in [5.41, 5.74) is 3.95. The van der Waals surface area contributed by atoms with E-state index in [0.717, 1.165) is 27.1 Å². The maximum Gasteiger partial charge on any atom is 0.0628 e. The smallest absolute Gasteiger partial charge is 0.0628 e. The fourth-order valence-electron chi connectivity index (χ4n) is 3.26. The van der Waals surface area contributed by atoms with Gasteiger partial charge in [-0.2, -0.15) is 0 Å². The number of hydrogen-bond donors (Lipinski definition) is 0. The zero-order valence-corrected chi connectivity index (χ0v) is 17.7. The van der Waals surface area contributed by atoms with Crippen molar-refractivity contribution in [2.24, 2.45) is 0 Å². The molecular formula is C19H20Br3N. The summed E-state index contributed by atoms with van der Waals surface area (Å²) in [6, 6.07) is 15.4. The van der Waals surface area contributed by atoms with Gasteiger partial charge >= 0.3 is 0 Å². The van der Waals surface area contributed by atoms with Crippen LogP contribution in [0.15, 0.2) is 51.4 Å². The van der Waals surface area contributed by atoms with Gasteiger partial charge in [-0.05, 0) is 73.9 Å². The van der Waals surface area contributed by atoms with E-state index in [1.165, 1.54) is 43.2 Å². The predicted octanol–water partition coefficient (Wildman–Crippen LogP) is 7.58. The number of hydrogen-bond acceptors (Lipinski definition) is 1. The quantitative estimate of drug-likeness (QED) is 0.390. The average molecular weight is 502 g/mol. The van der Waals surface area contributed by atoms with Gasteiger partial charge in [-0.3, -0.25) is 0 Å². The number of nitrogens with zero attached hydrogens (tertiary/aromatic N) is 1. The molecule has 1 fully saturated rings. The van der Waals surface area contributed by atoms with Gasteiger partial charge in [0, 0.05) is 4.47 Å². The van der Waals surface area contributed by atoms with Crippen molar-refractivity contribution < 1.29 is 0 Å². The third kappa shape index (κ3) is 4.40. The van der Waals surface area contributed by atoms with Gasteiger partial charge in [0.2, 0.25) is 0 Å². The molecule has 4 heteroatoms. The molecule has 1 nitrogen and oxygen atoms in total. The Bertz CT molecular complexity index is 648. The second kappa shape index (κ2) is 8.17. The van der Waals surface area contributed by atoms with Crippen LogP contribution in [0, 0.1) is 0 Å². The molecule has 23 heavy (non-hydrogen) atoms. The Balaban J connectivity index is 1.69. The molecule has 0 N–H and O–H groups in total. The third-order valence-corrected chi connectivity index (χ3v) is 7.23. The molecule has 0 unspecified atom stereocenters. The molecule has 2 aromatic carbocycles. The Morgan fingerprint density at radius 2 is 1.61 bits per heavy atom. The van der Waals surface area contributed by atoms with Crippen molar-refractivity contribution in [1.82, 2.24) is 0 Å². The lowest BCUT2D eigenvalue weighted by atomic mass is 9.84. The second-order valence-electron chi connectivity index (χ2n) is 6.17. The summed E-state index contributed by atoms with van der Waals surface area (Å²) in [7, 11) is 0. The minimum atomic E-state index is 0.775. The summed E-state index contributed by atoms with van der Waals surface area (Å²) < 4.78 is 4.22. The SMILES string of the molecule is Brc1cccc(N(Br)Cc2ccc(C3CCCCC3)cc2)c1Br. The average Bonchev–Trinajstić information content (AvgIpc) is 2.59. The molecule has 0 amide bonds. The van der Waals surface area contributed by atoms with Crippen molar-refractivity contribution >= 4 is 53.7 Å². The van der Waals surface area contributed by atoms with Crippen LogP contribution in [0.25, 0.3) is 0 Å². The monoisotopic (exact) mass is 499 g/mol. The van der Waals surface area contributed by atoms with Gasteiger partial charge < -0.3 is 3.93 Å². The minimum Gasteiger partial charge on any atom is -0.303 e. The van der Waals surface area contributed by atoms with Crippen LogP contribution >= 0.6 is 48.0 Å². The molecule has 0 radical (unpaired) electrons. The highest BCUT2D eigenvalue weighted by atomic mass is 79.9. The van der Waals surface area contributed by atoms with E-state index in [1.807, 2.05) is 12.1 Å². The molecule has 0 aliphatic heterocycles. The molecule has 122 valence electrons. The summed E-state index contributed by atoms with van der Waals surface area (Å²) in [5.74, 6) is 0.775. The van der Waals surface area contributed by atoms with E-state index in [2.05, 4.69) is 82.3 Å². The Morgan fingerprint density at radius 1 is 0.913 bits per heavy atom. The van der Waals surface area contributed by atoms with E-state index < -0.39 is 0 Å². The highest BCUT2D eigenvalue weighted by Crippen LogP contribution is 2.36. The van der Waals surface area contributed by atoms with E-state index in [1.54, 1.807) is 0 Å². The van der Waals surface area contributed by atoms with Crippen LogP contribution in [-0.2, 0) is 6.54 Å². The van der Waals surface area contributed by atoms with Gasteiger partial charge in [-0.25, -0.2) is 0 Å². The van der Waals surface area contributed by atoms with Crippen LogP contribution in [0.3, 0.4) is 0 Å². The molecule has 0 saturated heterocycles. The normalized spacial score (nSPS) is 15.6. The number of anilines is 1. The van der Waals surface area contributed by atoms with Gasteiger partial charge in [0.15, 0.2) is 0 Å². The molecule has 0 spiro atoms. The molecule has 1 aliphatic carbocycles. The lowest BCUT2D eigenvalue weighted by Crippen LogP contribution is -2.10. The zero-order valence-electron chi connectivity index (χ0n) is 12.9. The van der Waals surface area contributed by atoms with Crippen molar-refractivity contribution in [3.63, 3.8) is 0 Å². The third-order valence-electron chi connectivity index (χ3n) is 4.57. The van der Waals surface area contributed by atoms with E-state index in [4.69, 9.17) is 0 Å². The van der Waals surface area contributed by atoms with E-state index >= 15 is 0 Å². The largest absolute Gasteiger partial charge is 0.303 e. The molecule has 0 aromatic heterocycles. The van der Waals surface area contributed by atoms with Gasteiger partial charge in [-0.1, -0.05) is 49.6 Å². The molecule has 2 aromatic rings. The first-order valence-electron chi connectivity index (χ1n) is 8.11. The van der Waals surface area contributed by atoms with Crippen LogP contribution < -0.4 is 3.93 Å². The van der Waals surface area contributed by atoms with E-state index in [0.29, 0.717) is 0 Å². The Hall–Kier alpha value is -0.320. The summed E-state index contributed by atoms with van der Waals surface area (Å²) >= 11 is 10.9. The molecule has 1 aliphatic rings. The molecule has 0 heterocycles. The second-order valence-corrected chi connectivity index (χ2v) is 8.67. The lowest BCUT2D eigenvalue weighted by Gasteiger charge is -2.23. The van der Waals surface area contributed by atoms with E-state index in [-0.39, 0.29) is 0 Å². The predicted molar refractivity (Wildman–Crippen MR) is 109 cm³/mol. The highest BCUT2D eigenvalue weighted by Gasteiger charge is 2.15. The number of halogens is 3. The molecular weight excluding hydrogens is 482 g/mol. The van der Waals surface area contributed by atoms with Crippen molar-refractivity contribution in [1.29, 1.82) is 0 Å². The fourth-order valence-corrected chi connectivity index (χ4v) is 4.91.